The molecule has 0 amide bonds. The van der Waals surface area contributed by atoms with E-state index in [1.807, 2.05) is 36.4 Å². The average molecular weight is 309 g/mol. The number of fused-ring (bicyclic) bond motifs is 3. The Kier molecular flexibility index (Phi) is 2.98. The summed E-state index contributed by atoms with van der Waals surface area (Å²) >= 11 is 6.04. The minimum absolute atomic E-state index is 0.264. The van der Waals surface area contributed by atoms with E-state index in [0.717, 1.165) is 34.7 Å². The summed E-state index contributed by atoms with van der Waals surface area (Å²) in [5.41, 5.74) is 11.1. The number of rotatable bonds is 2. The molecule has 1 aliphatic carbocycles. The third kappa shape index (κ3) is 2.18. The van der Waals surface area contributed by atoms with Crippen LogP contribution in [0.25, 0.3) is 11.3 Å². The number of halogens is 1. The predicted octanol–water partition coefficient (Wildman–Crippen LogP) is 4.03. The first kappa shape index (κ1) is 13.1. The van der Waals surface area contributed by atoms with Gasteiger partial charge in [0.05, 0.1) is 5.69 Å². The second kappa shape index (κ2) is 5.00. The quantitative estimate of drug-likeness (QED) is 0.587. The molecule has 1 heterocycles. The lowest BCUT2D eigenvalue weighted by molar-refractivity contribution is 1.14. The Balaban J connectivity index is 1.81. The largest absolute Gasteiger partial charge is 0.368 e. The summed E-state index contributed by atoms with van der Waals surface area (Å²) in [6.45, 7) is 0. The zero-order valence-electron chi connectivity index (χ0n) is 11.7. The number of nitrogens with two attached hydrogens (primary N) is 1. The highest BCUT2D eigenvalue weighted by Gasteiger charge is 2.24. The Hall–Kier alpha value is -2.59. The summed E-state index contributed by atoms with van der Waals surface area (Å²) in [4.78, 5) is 8.78. The minimum Gasteiger partial charge on any atom is -0.368 e. The molecule has 1 aromatic heterocycles. The minimum atomic E-state index is 0.264. The van der Waals surface area contributed by atoms with Gasteiger partial charge in [-0.15, -0.1) is 0 Å². The molecule has 22 heavy (non-hydrogen) atoms. The van der Waals surface area contributed by atoms with Crippen LogP contribution in [0.1, 0.15) is 11.1 Å². The first-order chi connectivity index (χ1) is 10.7. The van der Waals surface area contributed by atoms with E-state index < -0.39 is 0 Å². The molecule has 0 bridgehead atoms. The topological polar surface area (TPSA) is 63.8 Å². The highest BCUT2D eigenvalue weighted by molar-refractivity contribution is 6.30. The molecule has 0 saturated carbocycles. The number of anilines is 3. The number of hydrogen-bond acceptors (Lipinski definition) is 4. The van der Waals surface area contributed by atoms with Crippen LogP contribution in [0, 0.1) is 0 Å². The fourth-order valence-electron chi connectivity index (χ4n) is 2.79. The first-order valence-electron chi connectivity index (χ1n) is 6.98. The van der Waals surface area contributed by atoms with Crippen LogP contribution in [-0.4, -0.2) is 9.97 Å². The molecule has 0 aliphatic heterocycles. The van der Waals surface area contributed by atoms with Crippen molar-refractivity contribution in [3.05, 3.63) is 64.7 Å². The summed E-state index contributed by atoms with van der Waals surface area (Å²) in [6, 6.07) is 15.7. The van der Waals surface area contributed by atoms with E-state index in [0.29, 0.717) is 5.02 Å². The van der Waals surface area contributed by atoms with E-state index in [4.69, 9.17) is 17.3 Å². The van der Waals surface area contributed by atoms with Crippen molar-refractivity contribution in [2.24, 2.45) is 0 Å². The maximum Gasteiger partial charge on any atom is 0.222 e. The lowest BCUT2D eigenvalue weighted by atomic mass is 10.1. The van der Waals surface area contributed by atoms with E-state index in [-0.39, 0.29) is 5.95 Å². The van der Waals surface area contributed by atoms with Crippen molar-refractivity contribution in [2.45, 2.75) is 6.42 Å². The van der Waals surface area contributed by atoms with Crippen LogP contribution in [0.5, 0.6) is 0 Å². The molecule has 0 saturated heterocycles. The van der Waals surface area contributed by atoms with Crippen molar-refractivity contribution in [1.82, 2.24) is 9.97 Å². The molecule has 5 heteroatoms. The molecule has 0 unspecified atom stereocenters. The van der Waals surface area contributed by atoms with E-state index in [1.165, 1.54) is 5.56 Å². The second-order valence-electron chi connectivity index (χ2n) is 5.23. The number of aromatic nitrogens is 2. The molecule has 4 nitrogen and oxygen atoms in total. The zero-order chi connectivity index (χ0) is 15.1. The van der Waals surface area contributed by atoms with E-state index >= 15 is 0 Å². The van der Waals surface area contributed by atoms with Gasteiger partial charge in [0, 0.05) is 28.3 Å². The van der Waals surface area contributed by atoms with E-state index in [2.05, 4.69) is 27.4 Å². The SMILES string of the molecule is Nc1nc(Nc2cccc(Cl)c2)c2c(n1)-c1ccccc1C2. The van der Waals surface area contributed by atoms with Crippen LogP contribution in [0.3, 0.4) is 0 Å². The van der Waals surface area contributed by atoms with Crippen LogP contribution in [0.4, 0.5) is 17.5 Å². The smallest absolute Gasteiger partial charge is 0.222 e. The van der Waals surface area contributed by atoms with Gasteiger partial charge in [-0.05, 0) is 23.8 Å². The van der Waals surface area contributed by atoms with Gasteiger partial charge in [-0.1, -0.05) is 41.9 Å². The third-order valence-electron chi connectivity index (χ3n) is 3.75. The standard InChI is InChI=1S/C17H13ClN4/c18-11-5-3-6-12(9-11)20-16-14-8-10-4-1-2-7-13(10)15(14)21-17(19)22-16/h1-7,9H,8H2,(H3,19,20,21,22). The molecule has 2 aromatic carbocycles. The molecule has 0 atom stereocenters. The molecule has 4 rings (SSSR count). The van der Waals surface area contributed by atoms with Crippen molar-refractivity contribution in [3.8, 4) is 11.3 Å². The van der Waals surface area contributed by atoms with Gasteiger partial charge in [0.15, 0.2) is 0 Å². The number of nitrogen functional groups attached to an aromatic ring is 1. The van der Waals surface area contributed by atoms with Gasteiger partial charge in [0.2, 0.25) is 5.95 Å². The molecular weight excluding hydrogens is 296 g/mol. The number of nitrogens with one attached hydrogen (secondary N) is 1. The fourth-order valence-corrected chi connectivity index (χ4v) is 2.98. The Bertz CT molecular complexity index is 876. The Morgan fingerprint density at radius 1 is 1.05 bits per heavy atom. The highest BCUT2D eigenvalue weighted by Crippen LogP contribution is 2.39. The normalized spacial score (nSPS) is 11.9. The van der Waals surface area contributed by atoms with Crippen molar-refractivity contribution in [1.29, 1.82) is 0 Å². The highest BCUT2D eigenvalue weighted by atomic mass is 35.5. The van der Waals surface area contributed by atoms with Crippen LogP contribution in [-0.2, 0) is 6.42 Å². The number of hydrogen-bond donors (Lipinski definition) is 2. The van der Waals surface area contributed by atoms with Gasteiger partial charge < -0.3 is 11.1 Å². The molecule has 3 N–H and O–H groups in total. The number of nitrogens with zero attached hydrogens (tertiary/aromatic N) is 2. The monoisotopic (exact) mass is 308 g/mol. The van der Waals surface area contributed by atoms with E-state index in [9.17, 15) is 0 Å². The maximum absolute atomic E-state index is 6.04. The van der Waals surface area contributed by atoms with Crippen molar-refractivity contribution < 1.29 is 0 Å². The number of benzene rings is 2. The van der Waals surface area contributed by atoms with Crippen LogP contribution in [0.2, 0.25) is 5.02 Å². The van der Waals surface area contributed by atoms with Gasteiger partial charge in [-0.3, -0.25) is 0 Å². The fraction of sp³-hybridized carbons (Fsp3) is 0.0588. The average Bonchev–Trinajstić information content (AvgIpc) is 2.86. The third-order valence-corrected chi connectivity index (χ3v) is 3.99. The lowest BCUT2D eigenvalue weighted by Gasteiger charge is -2.11. The molecule has 0 radical (unpaired) electrons. The summed E-state index contributed by atoms with van der Waals surface area (Å²) in [5, 5.41) is 3.98. The Labute approximate surface area is 133 Å². The second-order valence-corrected chi connectivity index (χ2v) is 5.66. The molecule has 0 spiro atoms. The van der Waals surface area contributed by atoms with Gasteiger partial charge >= 0.3 is 0 Å². The predicted molar refractivity (Wildman–Crippen MR) is 89.4 cm³/mol. The maximum atomic E-state index is 6.04. The Morgan fingerprint density at radius 2 is 1.91 bits per heavy atom. The van der Waals surface area contributed by atoms with Gasteiger partial charge in [0.25, 0.3) is 0 Å². The summed E-state index contributed by atoms with van der Waals surface area (Å²) < 4.78 is 0. The van der Waals surface area contributed by atoms with Gasteiger partial charge in [0.1, 0.15) is 5.82 Å². The lowest BCUT2D eigenvalue weighted by Crippen LogP contribution is -2.04. The van der Waals surface area contributed by atoms with Crippen molar-refractivity contribution >= 4 is 29.1 Å². The summed E-state index contributed by atoms with van der Waals surface area (Å²) in [5.74, 6) is 1.00. The zero-order valence-corrected chi connectivity index (χ0v) is 12.4. The van der Waals surface area contributed by atoms with E-state index in [1.54, 1.807) is 0 Å². The molecule has 3 aromatic rings. The summed E-state index contributed by atoms with van der Waals surface area (Å²) in [6.07, 6.45) is 0.800. The van der Waals surface area contributed by atoms with Crippen LogP contribution >= 0.6 is 11.6 Å². The Morgan fingerprint density at radius 3 is 2.77 bits per heavy atom. The summed E-state index contributed by atoms with van der Waals surface area (Å²) in [7, 11) is 0. The molecule has 108 valence electrons. The van der Waals surface area contributed by atoms with Crippen molar-refractivity contribution in [2.75, 3.05) is 11.1 Å². The van der Waals surface area contributed by atoms with Crippen LogP contribution in [0.15, 0.2) is 48.5 Å². The molecule has 1 aliphatic rings. The van der Waals surface area contributed by atoms with Crippen molar-refractivity contribution in [3.63, 3.8) is 0 Å². The molecule has 0 fully saturated rings. The first-order valence-corrected chi connectivity index (χ1v) is 7.36. The van der Waals surface area contributed by atoms with Crippen LogP contribution < -0.4 is 11.1 Å². The van der Waals surface area contributed by atoms with Gasteiger partial charge in [-0.25, -0.2) is 4.98 Å². The van der Waals surface area contributed by atoms with Gasteiger partial charge in [-0.2, -0.15) is 4.98 Å². The molecular formula is C17H13ClN4.